The molecule has 2 N–H and O–H groups in total. The lowest BCUT2D eigenvalue weighted by atomic mass is 10.2. The van der Waals surface area contributed by atoms with Gasteiger partial charge in [0.25, 0.3) is 5.56 Å². The third-order valence-corrected chi connectivity index (χ3v) is 3.09. The van der Waals surface area contributed by atoms with Gasteiger partial charge in [-0.25, -0.2) is 4.79 Å². The molecule has 0 saturated heterocycles. The molecule has 2 aromatic rings. The Morgan fingerprint density at radius 1 is 1.39 bits per heavy atom. The second-order valence-corrected chi connectivity index (χ2v) is 4.58. The molecule has 0 aliphatic carbocycles. The van der Waals surface area contributed by atoms with Crippen LogP contribution in [0.15, 0.2) is 27.8 Å². The molecule has 1 aromatic carbocycles. The van der Waals surface area contributed by atoms with Crippen molar-refractivity contribution in [1.29, 1.82) is 0 Å². The summed E-state index contributed by atoms with van der Waals surface area (Å²) in [6.07, 6.45) is 0. The van der Waals surface area contributed by atoms with Gasteiger partial charge in [0.15, 0.2) is 0 Å². The molecule has 0 bridgehead atoms. The molecule has 1 aromatic heterocycles. The first kappa shape index (κ1) is 12.6. The Labute approximate surface area is 104 Å². The fraction of sp³-hybridized carbons (Fsp3) is 0.385. The van der Waals surface area contributed by atoms with E-state index in [0.717, 1.165) is 5.56 Å². The van der Waals surface area contributed by atoms with E-state index in [1.807, 2.05) is 26.0 Å². The van der Waals surface area contributed by atoms with Gasteiger partial charge in [0.1, 0.15) is 0 Å². The fourth-order valence-electron chi connectivity index (χ4n) is 1.90. The van der Waals surface area contributed by atoms with Crippen molar-refractivity contribution < 1.29 is 0 Å². The van der Waals surface area contributed by atoms with Gasteiger partial charge in [0.05, 0.1) is 10.9 Å². The SMILES string of the molecule is CNC(C)Cn1c(=O)[nH]c2cc(C)ccc2c1=O. The predicted octanol–water partition coefficient (Wildman–Crippen LogP) is 0.606. The minimum absolute atomic E-state index is 0.0618. The van der Waals surface area contributed by atoms with E-state index in [9.17, 15) is 9.59 Å². The lowest BCUT2D eigenvalue weighted by molar-refractivity contribution is 0.492. The summed E-state index contributed by atoms with van der Waals surface area (Å²) in [5.74, 6) is 0. The van der Waals surface area contributed by atoms with Crippen LogP contribution in [0.2, 0.25) is 0 Å². The number of fused-ring (bicyclic) bond motifs is 1. The Morgan fingerprint density at radius 3 is 2.78 bits per heavy atom. The second kappa shape index (κ2) is 4.78. The topological polar surface area (TPSA) is 66.9 Å². The molecule has 1 unspecified atom stereocenters. The summed E-state index contributed by atoms with van der Waals surface area (Å²) in [6, 6.07) is 5.49. The van der Waals surface area contributed by atoms with E-state index in [2.05, 4.69) is 10.3 Å². The Balaban J connectivity index is 2.66. The molecule has 0 aliphatic rings. The number of aromatic amines is 1. The number of hydrogen-bond donors (Lipinski definition) is 2. The van der Waals surface area contributed by atoms with Crippen molar-refractivity contribution in [1.82, 2.24) is 14.9 Å². The summed E-state index contributed by atoms with van der Waals surface area (Å²) in [4.78, 5) is 26.9. The number of benzene rings is 1. The van der Waals surface area contributed by atoms with Crippen LogP contribution in [-0.4, -0.2) is 22.6 Å². The first-order chi connectivity index (χ1) is 8.52. The summed E-state index contributed by atoms with van der Waals surface area (Å²) in [7, 11) is 1.80. The summed E-state index contributed by atoms with van der Waals surface area (Å²) >= 11 is 0. The summed E-state index contributed by atoms with van der Waals surface area (Å²) < 4.78 is 1.23. The van der Waals surface area contributed by atoms with E-state index in [1.54, 1.807) is 13.1 Å². The molecular formula is C13H17N3O2. The minimum Gasteiger partial charge on any atom is -0.315 e. The normalized spacial score (nSPS) is 12.8. The number of rotatable bonds is 3. The highest BCUT2D eigenvalue weighted by molar-refractivity contribution is 5.77. The maximum absolute atomic E-state index is 12.2. The number of H-pyrrole nitrogens is 1. The largest absolute Gasteiger partial charge is 0.328 e. The van der Waals surface area contributed by atoms with Crippen LogP contribution in [0.4, 0.5) is 0 Å². The Bertz CT molecular complexity index is 685. The van der Waals surface area contributed by atoms with Gasteiger partial charge in [0, 0.05) is 12.6 Å². The molecule has 96 valence electrons. The fourth-order valence-corrected chi connectivity index (χ4v) is 1.90. The van der Waals surface area contributed by atoms with Gasteiger partial charge in [-0.05, 0) is 38.6 Å². The van der Waals surface area contributed by atoms with Crippen LogP contribution in [0.3, 0.4) is 0 Å². The van der Waals surface area contributed by atoms with Crippen molar-refractivity contribution in [2.24, 2.45) is 0 Å². The molecule has 18 heavy (non-hydrogen) atoms. The van der Waals surface area contributed by atoms with Gasteiger partial charge < -0.3 is 10.3 Å². The highest BCUT2D eigenvalue weighted by Gasteiger charge is 2.09. The number of nitrogens with zero attached hydrogens (tertiary/aromatic N) is 1. The molecule has 0 amide bonds. The molecule has 0 saturated carbocycles. The van der Waals surface area contributed by atoms with E-state index < -0.39 is 0 Å². The van der Waals surface area contributed by atoms with E-state index in [1.165, 1.54) is 4.57 Å². The smallest absolute Gasteiger partial charge is 0.315 e. The van der Waals surface area contributed by atoms with Gasteiger partial charge in [0.2, 0.25) is 0 Å². The average Bonchev–Trinajstić information content (AvgIpc) is 2.33. The predicted molar refractivity (Wildman–Crippen MR) is 72.1 cm³/mol. The molecule has 1 atom stereocenters. The third kappa shape index (κ3) is 2.22. The van der Waals surface area contributed by atoms with Gasteiger partial charge in [-0.15, -0.1) is 0 Å². The number of nitrogens with one attached hydrogen (secondary N) is 2. The van der Waals surface area contributed by atoms with E-state index in [-0.39, 0.29) is 17.3 Å². The molecule has 2 rings (SSSR count). The van der Waals surface area contributed by atoms with Crippen molar-refractivity contribution >= 4 is 10.9 Å². The van der Waals surface area contributed by atoms with Gasteiger partial charge in [-0.3, -0.25) is 9.36 Å². The maximum atomic E-state index is 12.2. The van der Waals surface area contributed by atoms with Crippen LogP contribution in [0.1, 0.15) is 12.5 Å². The van der Waals surface area contributed by atoms with Crippen LogP contribution in [-0.2, 0) is 6.54 Å². The summed E-state index contributed by atoms with van der Waals surface area (Å²) in [5.41, 5.74) is 1.01. The Morgan fingerprint density at radius 2 is 2.11 bits per heavy atom. The van der Waals surface area contributed by atoms with Crippen LogP contribution in [0, 0.1) is 6.92 Å². The summed E-state index contributed by atoms with van der Waals surface area (Å²) in [5, 5.41) is 3.56. The maximum Gasteiger partial charge on any atom is 0.328 e. The number of hydrogen-bond acceptors (Lipinski definition) is 3. The van der Waals surface area contributed by atoms with Crippen LogP contribution < -0.4 is 16.6 Å². The van der Waals surface area contributed by atoms with Crippen molar-refractivity contribution in [2.45, 2.75) is 26.4 Å². The first-order valence-corrected chi connectivity index (χ1v) is 5.93. The van der Waals surface area contributed by atoms with Crippen molar-refractivity contribution in [3.63, 3.8) is 0 Å². The standard InChI is InChI=1S/C13H17N3O2/c1-8-4-5-10-11(6-8)15-13(18)16(12(10)17)7-9(2)14-3/h4-6,9,14H,7H2,1-3H3,(H,15,18). The van der Waals surface area contributed by atoms with Crippen LogP contribution in [0.25, 0.3) is 10.9 Å². The van der Waals surface area contributed by atoms with Crippen LogP contribution in [0.5, 0.6) is 0 Å². The molecule has 1 heterocycles. The zero-order valence-corrected chi connectivity index (χ0v) is 10.8. The lowest BCUT2D eigenvalue weighted by Gasteiger charge is -2.12. The van der Waals surface area contributed by atoms with Gasteiger partial charge >= 0.3 is 5.69 Å². The zero-order valence-electron chi connectivity index (χ0n) is 10.8. The molecule has 5 heteroatoms. The molecular weight excluding hydrogens is 230 g/mol. The van der Waals surface area contributed by atoms with Crippen molar-refractivity contribution in [3.05, 3.63) is 44.6 Å². The van der Waals surface area contributed by atoms with Crippen LogP contribution >= 0.6 is 0 Å². The highest BCUT2D eigenvalue weighted by Crippen LogP contribution is 2.07. The Kier molecular flexibility index (Phi) is 3.34. The molecule has 0 spiro atoms. The third-order valence-electron chi connectivity index (χ3n) is 3.09. The highest BCUT2D eigenvalue weighted by atomic mass is 16.2. The van der Waals surface area contributed by atoms with E-state index in [0.29, 0.717) is 17.4 Å². The van der Waals surface area contributed by atoms with Crippen molar-refractivity contribution in [2.75, 3.05) is 7.05 Å². The quantitative estimate of drug-likeness (QED) is 0.835. The van der Waals surface area contributed by atoms with E-state index in [4.69, 9.17) is 0 Å². The first-order valence-electron chi connectivity index (χ1n) is 5.93. The number of aromatic nitrogens is 2. The summed E-state index contributed by atoms with van der Waals surface area (Å²) in [6.45, 7) is 4.20. The average molecular weight is 247 g/mol. The number of likely N-dealkylation sites (N-methyl/N-ethyl adjacent to an activating group) is 1. The lowest BCUT2D eigenvalue weighted by Crippen LogP contribution is -2.40. The van der Waals surface area contributed by atoms with E-state index >= 15 is 0 Å². The monoisotopic (exact) mass is 247 g/mol. The molecule has 0 fully saturated rings. The van der Waals surface area contributed by atoms with Gasteiger partial charge in [-0.2, -0.15) is 0 Å². The molecule has 0 aliphatic heterocycles. The van der Waals surface area contributed by atoms with Gasteiger partial charge in [-0.1, -0.05) is 6.07 Å². The Hall–Kier alpha value is -1.88. The zero-order chi connectivity index (χ0) is 13.3. The molecule has 0 radical (unpaired) electrons. The molecule has 5 nitrogen and oxygen atoms in total. The minimum atomic E-state index is -0.361. The number of aryl methyl sites for hydroxylation is 1. The van der Waals surface area contributed by atoms with Crippen molar-refractivity contribution in [3.8, 4) is 0 Å². The second-order valence-electron chi connectivity index (χ2n) is 4.58.